The van der Waals surface area contributed by atoms with Gasteiger partial charge in [-0.1, -0.05) is 44.5 Å². The first-order valence-electron chi connectivity index (χ1n) is 5.22. The Morgan fingerprint density at radius 2 is 1.85 bits per heavy atom. The van der Waals surface area contributed by atoms with Crippen molar-refractivity contribution in [3.05, 3.63) is 34.9 Å². The number of aryl methyl sites for hydroxylation is 2. The summed E-state index contributed by atoms with van der Waals surface area (Å²) >= 11 is 0. The van der Waals surface area contributed by atoms with Gasteiger partial charge in [-0.05, 0) is 36.8 Å². The Morgan fingerprint density at radius 3 is 2.38 bits per heavy atom. The Morgan fingerprint density at radius 1 is 1.15 bits per heavy atom. The van der Waals surface area contributed by atoms with Gasteiger partial charge in [-0.25, -0.2) is 0 Å². The Kier molecular flexibility index (Phi) is 3.53. The van der Waals surface area contributed by atoms with Gasteiger partial charge < -0.3 is 0 Å². The van der Waals surface area contributed by atoms with E-state index in [1.807, 2.05) is 0 Å². The molecule has 0 aromatic heterocycles. The molecule has 0 heterocycles. The second kappa shape index (κ2) is 4.45. The number of hydrogen-bond acceptors (Lipinski definition) is 0. The summed E-state index contributed by atoms with van der Waals surface area (Å²) in [6.07, 6.45) is 2.37. The zero-order valence-electron chi connectivity index (χ0n) is 9.22. The third-order valence-corrected chi connectivity index (χ3v) is 2.37. The minimum atomic E-state index is 0.757. The van der Waals surface area contributed by atoms with Gasteiger partial charge in [0.1, 0.15) is 0 Å². The fraction of sp³-hybridized carbons (Fsp3) is 0.538. The average Bonchev–Trinajstić information content (AvgIpc) is 2.07. The van der Waals surface area contributed by atoms with Crippen molar-refractivity contribution in [2.75, 3.05) is 0 Å². The van der Waals surface area contributed by atoms with Crippen molar-refractivity contribution in [2.24, 2.45) is 5.92 Å². The monoisotopic (exact) mass is 176 g/mol. The fourth-order valence-electron chi connectivity index (χ4n) is 1.72. The van der Waals surface area contributed by atoms with Gasteiger partial charge in [0, 0.05) is 0 Å². The second-order valence-electron chi connectivity index (χ2n) is 4.22. The first kappa shape index (κ1) is 10.3. The van der Waals surface area contributed by atoms with Crippen LogP contribution in [-0.4, -0.2) is 0 Å². The van der Waals surface area contributed by atoms with Crippen molar-refractivity contribution >= 4 is 0 Å². The van der Waals surface area contributed by atoms with Crippen molar-refractivity contribution in [2.45, 2.75) is 40.5 Å². The highest BCUT2D eigenvalue weighted by atomic mass is 14.1. The fourth-order valence-corrected chi connectivity index (χ4v) is 1.72. The van der Waals surface area contributed by atoms with Crippen molar-refractivity contribution in [1.82, 2.24) is 0 Å². The maximum atomic E-state index is 2.32. The van der Waals surface area contributed by atoms with Crippen molar-refractivity contribution in [1.29, 1.82) is 0 Å². The van der Waals surface area contributed by atoms with Crippen LogP contribution in [0.1, 0.15) is 37.5 Å². The van der Waals surface area contributed by atoms with E-state index in [1.165, 1.54) is 23.1 Å². The molecule has 0 nitrogen and oxygen atoms in total. The summed E-state index contributed by atoms with van der Waals surface area (Å²) in [6.45, 7) is 8.95. The lowest BCUT2D eigenvalue weighted by molar-refractivity contribution is 0.643. The van der Waals surface area contributed by atoms with Gasteiger partial charge in [-0.3, -0.25) is 0 Å². The van der Waals surface area contributed by atoms with Crippen LogP contribution in [0, 0.1) is 12.8 Å². The van der Waals surface area contributed by atoms with Crippen LogP contribution in [0.15, 0.2) is 18.2 Å². The largest absolute Gasteiger partial charge is 0.0625 e. The molecule has 0 fully saturated rings. The molecule has 0 N–H and O–H groups in total. The zero-order valence-corrected chi connectivity index (χ0v) is 9.22. The minimum absolute atomic E-state index is 0.757. The van der Waals surface area contributed by atoms with Gasteiger partial charge in [-0.2, -0.15) is 0 Å². The summed E-state index contributed by atoms with van der Waals surface area (Å²) < 4.78 is 0. The van der Waals surface area contributed by atoms with E-state index >= 15 is 0 Å². The smallest absolute Gasteiger partial charge is 0.0253 e. The molecule has 13 heavy (non-hydrogen) atoms. The first-order valence-corrected chi connectivity index (χ1v) is 5.22. The van der Waals surface area contributed by atoms with Crippen molar-refractivity contribution in [3.8, 4) is 0 Å². The van der Waals surface area contributed by atoms with Gasteiger partial charge >= 0.3 is 0 Å². The molecular formula is C13H20. The number of benzene rings is 1. The molecule has 0 unspecified atom stereocenters. The lowest BCUT2D eigenvalue weighted by Gasteiger charge is -2.10. The summed E-state index contributed by atoms with van der Waals surface area (Å²) in [5, 5.41) is 0. The molecule has 0 heteroatoms. The molecule has 1 aromatic rings. The van der Waals surface area contributed by atoms with Crippen LogP contribution in [0.4, 0.5) is 0 Å². The van der Waals surface area contributed by atoms with E-state index < -0.39 is 0 Å². The van der Waals surface area contributed by atoms with E-state index in [0.29, 0.717) is 0 Å². The molecule has 0 aliphatic carbocycles. The molecule has 0 aliphatic heterocycles. The van der Waals surface area contributed by atoms with Crippen LogP contribution in [-0.2, 0) is 12.8 Å². The van der Waals surface area contributed by atoms with E-state index in [-0.39, 0.29) is 0 Å². The van der Waals surface area contributed by atoms with Crippen LogP contribution in [0.25, 0.3) is 0 Å². The molecule has 0 aliphatic rings. The maximum Gasteiger partial charge on any atom is -0.0253 e. The van der Waals surface area contributed by atoms with Gasteiger partial charge in [0.25, 0.3) is 0 Å². The third kappa shape index (κ3) is 2.87. The molecule has 0 radical (unpaired) electrons. The van der Waals surface area contributed by atoms with Crippen LogP contribution in [0.3, 0.4) is 0 Å². The molecule has 0 amide bonds. The van der Waals surface area contributed by atoms with E-state index in [2.05, 4.69) is 45.9 Å². The standard InChI is InChI=1S/C13H20/c1-5-12-9-11(4)6-7-13(12)8-10(2)3/h6-7,9-10H,5,8H2,1-4H3. The first-order chi connectivity index (χ1) is 6.13. The van der Waals surface area contributed by atoms with Gasteiger partial charge in [0.05, 0.1) is 0 Å². The molecular weight excluding hydrogens is 156 g/mol. The average molecular weight is 176 g/mol. The van der Waals surface area contributed by atoms with E-state index in [0.717, 1.165) is 12.3 Å². The highest BCUT2D eigenvalue weighted by Crippen LogP contribution is 2.16. The maximum absolute atomic E-state index is 2.32. The molecule has 0 atom stereocenters. The Balaban J connectivity index is 2.92. The van der Waals surface area contributed by atoms with Crippen LogP contribution in [0.2, 0.25) is 0 Å². The lowest BCUT2D eigenvalue weighted by Crippen LogP contribution is -1.99. The highest BCUT2D eigenvalue weighted by molar-refractivity contribution is 5.31. The summed E-state index contributed by atoms with van der Waals surface area (Å²) in [6, 6.07) is 6.82. The van der Waals surface area contributed by atoms with E-state index in [1.54, 1.807) is 0 Å². The predicted octanol–water partition coefficient (Wildman–Crippen LogP) is 3.76. The van der Waals surface area contributed by atoms with Gasteiger partial charge in [0.15, 0.2) is 0 Å². The summed E-state index contributed by atoms with van der Waals surface area (Å²) in [7, 11) is 0. The van der Waals surface area contributed by atoms with Crippen LogP contribution < -0.4 is 0 Å². The molecule has 0 saturated carbocycles. The quantitative estimate of drug-likeness (QED) is 0.658. The van der Waals surface area contributed by atoms with Crippen molar-refractivity contribution in [3.63, 3.8) is 0 Å². The van der Waals surface area contributed by atoms with E-state index in [4.69, 9.17) is 0 Å². The molecule has 0 spiro atoms. The SMILES string of the molecule is CCc1cc(C)ccc1CC(C)C. The van der Waals surface area contributed by atoms with Crippen molar-refractivity contribution < 1.29 is 0 Å². The van der Waals surface area contributed by atoms with Gasteiger partial charge in [0.2, 0.25) is 0 Å². The highest BCUT2D eigenvalue weighted by Gasteiger charge is 2.02. The molecule has 72 valence electrons. The molecule has 0 bridgehead atoms. The topological polar surface area (TPSA) is 0 Å². The molecule has 1 aromatic carbocycles. The third-order valence-electron chi connectivity index (χ3n) is 2.37. The normalized spacial score (nSPS) is 10.8. The lowest BCUT2D eigenvalue weighted by atomic mass is 9.95. The predicted molar refractivity (Wildman–Crippen MR) is 59.1 cm³/mol. The Bertz CT molecular complexity index is 271. The zero-order chi connectivity index (χ0) is 9.84. The van der Waals surface area contributed by atoms with Crippen LogP contribution in [0.5, 0.6) is 0 Å². The second-order valence-corrected chi connectivity index (χ2v) is 4.22. The summed E-state index contributed by atoms with van der Waals surface area (Å²) in [5.41, 5.74) is 4.43. The minimum Gasteiger partial charge on any atom is -0.0625 e. The van der Waals surface area contributed by atoms with Crippen LogP contribution >= 0.6 is 0 Å². The number of hydrogen-bond donors (Lipinski definition) is 0. The summed E-state index contributed by atoms with van der Waals surface area (Å²) in [5.74, 6) is 0.757. The Hall–Kier alpha value is -0.780. The number of rotatable bonds is 3. The molecule has 1 rings (SSSR count). The Labute approximate surface area is 82.0 Å². The summed E-state index contributed by atoms with van der Waals surface area (Å²) in [4.78, 5) is 0. The van der Waals surface area contributed by atoms with E-state index in [9.17, 15) is 0 Å². The van der Waals surface area contributed by atoms with Gasteiger partial charge in [-0.15, -0.1) is 0 Å². The molecule has 0 saturated heterocycles.